The van der Waals surface area contributed by atoms with Crippen molar-refractivity contribution in [3.05, 3.63) is 48.0 Å². The van der Waals surface area contributed by atoms with Crippen LogP contribution in [0.1, 0.15) is 24.2 Å². The molecule has 8 nitrogen and oxygen atoms in total. The van der Waals surface area contributed by atoms with Gasteiger partial charge < -0.3 is 20.1 Å². The summed E-state index contributed by atoms with van der Waals surface area (Å²) < 4.78 is 38.0. The van der Waals surface area contributed by atoms with E-state index in [-0.39, 0.29) is 10.8 Å². The van der Waals surface area contributed by atoms with Crippen LogP contribution in [-0.4, -0.2) is 58.6 Å². The number of nitrogens with one attached hydrogen (secondary N) is 2. The average Bonchev–Trinajstić information content (AvgIpc) is 2.78. The van der Waals surface area contributed by atoms with Crippen LogP contribution in [0.4, 0.5) is 11.4 Å². The number of hydrogen-bond donors (Lipinski definition) is 2. The maximum absolute atomic E-state index is 13.1. The molecule has 3 rings (SSSR count). The Kier molecular flexibility index (Phi) is 7.53. The van der Waals surface area contributed by atoms with Crippen molar-refractivity contribution in [2.45, 2.75) is 18.7 Å². The first-order valence-electron chi connectivity index (χ1n) is 10.2. The molecule has 31 heavy (non-hydrogen) atoms. The second-order valence-electron chi connectivity index (χ2n) is 7.68. The lowest BCUT2D eigenvalue weighted by atomic mass is 10.1. The van der Waals surface area contributed by atoms with E-state index in [1.807, 2.05) is 0 Å². The fourth-order valence-electron chi connectivity index (χ4n) is 3.15. The van der Waals surface area contributed by atoms with Crippen molar-refractivity contribution < 1.29 is 22.7 Å². The van der Waals surface area contributed by atoms with Crippen LogP contribution in [0.15, 0.2) is 47.4 Å². The molecule has 168 valence electrons. The van der Waals surface area contributed by atoms with Crippen LogP contribution >= 0.6 is 0 Å². The highest BCUT2D eigenvalue weighted by Crippen LogP contribution is 2.29. The molecule has 0 spiro atoms. The number of hydrogen-bond acceptors (Lipinski definition) is 6. The Bertz CT molecular complexity index is 1020. The van der Waals surface area contributed by atoms with Gasteiger partial charge in [-0.2, -0.15) is 4.31 Å². The van der Waals surface area contributed by atoms with E-state index in [0.29, 0.717) is 61.5 Å². The second-order valence-corrected chi connectivity index (χ2v) is 9.62. The number of rotatable bonds is 8. The fourth-order valence-corrected chi connectivity index (χ4v) is 4.59. The smallest absolute Gasteiger partial charge is 0.255 e. The van der Waals surface area contributed by atoms with Gasteiger partial charge >= 0.3 is 0 Å². The number of nitrogens with zero attached hydrogens (tertiary/aromatic N) is 1. The summed E-state index contributed by atoms with van der Waals surface area (Å²) in [5.41, 5.74) is 1.48. The summed E-state index contributed by atoms with van der Waals surface area (Å²) >= 11 is 0. The van der Waals surface area contributed by atoms with E-state index in [0.717, 1.165) is 0 Å². The number of benzene rings is 2. The van der Waals surface area contributed by atoms with Crippen LogP contribution in [0.25, 0.3) is 0 Å². The number of morpholine rings is 1. The van der Waals surface area contributed by atoms with E-state index >= 15 is 0 Å². The Morgan fingerprint density at radius 1 is 1.13 bits per heavy atom. The van der Waals surface area contributed by atoms with Crippen molar-refractivity contribution >= 4 is 27.3 Å². The molecule has 0 radical (unpaired) electrons. The third-order valence-corrected chi connectivity index (χ3v) is 6.77. The van der Waals surface area contributed by atoms with Crippen molar-refractivity contribution in [3.8, 4) is 5.75 Å². The number of sulfonamides is 1. The van der Waals surface area contributed by atoms with E-state index in [4.69, 9.17) is 9.47 Å². The summed E-state index contributed by atoms with van der Waals surface area (Å²) in [6.07, 6.45) is 0. The third-order valence-electron chi connectivity index (χ3n) is 4.88. The first kappa shape index (κ1) is 23.1. The summed E-state index contributed by atoms with van der Waals surface area (Å²) in [6, 6.07) is 11.5. The van der Waals surface area contributed by atoms with Crippen molar-refractivity contribution in [1.82, 2.24) is 4.31 Å². The second kappa shape index (κ2) is 10.1. The maximum Gasteiger partial charge on any atom is 0.255 e. The molecule has 1 fully saturated rings. The summed E-state index contributed by atoms with van der Waals surface area (Å²) in [4.78, 5) is 13.0. The predicted molar refractivity (Wildman–Crippen MR) is 120 cm³/mol. The molecule has 1 saturated heterocycles. The molecule has 2 aromatic carbocycles. The number of ether oxygens (including phenoxy) is 2. The zero-order valence-corrected chi connectivity index (χ0v) is 18.9. The van der Waals surface area contributed by atoms with Crippen LogP contribution < -0.4 is 15.4 Å². The van der Waals surface area contributed by atoms with Gasteiger partial charge in [0.2, 0.25) is 10.0 Å². The lowest BCUT2D eigenvalue weighted by Gasteiger charge is -2.26. The number of anilines is 2. The van der Waals surface area contributed by atoms with Crippen LogP contribution in [0.3, 0.4) is 0 Å². The number of carbonyl (C=O) groups is 1. The van der Waals surface area contributed by atoms with E-state index in [9.17, 15) is 13.2 Å². The Hall–Kier alpha value is -2.62. The molecular weight excluding hydrogens is 418 g/mol. The molecule has 0 saturated carbocycles. The molecule has 2 N–H and O–H groups in total. The first-order valence-corrected chi connectivity index (χ1v) is 11.7. The Morgan fingerprint density at radius 2 is 1.87 bits per heavy atom. The zero-order chi connectivity index (χ0) is 22.4. The van der Waals surface area contributed by atoms with Gasteiger partial charge in [0.25, 0.3) is 5.91 Å². The van der Waals surface area contributed by atoms with Gasteiger partial charge in [-0.1, -0.05) is 19.9 Å². The zero-order valence-electron chi connectivity index (χ0n) is 18.1. The molecule has 1 amide bonds. The monoisotopic (exact) mass is 447 g/mol. The van der Waals surface area contributed by atoms with Crippen molar-refractivity contribution in [1.29, 1.82) is 0 Å². The highest BCUT2D eigenvalue weighted by atomic mass is 32.2. The molecule has 2 aromatic rings. The van der Waals surface area contributed by atoms with Crippen LogP contribution in [-0.2, 0) is 14.8 Å². The van der Waals surface area contributed by atoms with Gasteiger partial charge in [0, 0.05) is 25.2 Å². The normalized spacial score (nSPS) is 15.0. The molecule has 1 aliphatic heterocycles. The van der Waals surface area contributed by atoms with E-state index in [2.05, 4.69) is 24.5 Å². The van der Waals surface area contributed by atoms with Gasteiger partial charge in [-0.25, -0.2) is 8.42 Å². The van der Waals surface area contributed by atoms with E-state index in [1.54, 1.807) is 36.4 Å². The molecule has 0 unspecified atom stereocenters. The Balaban J connectivity index is 1.92. The van der Waals surface area contributed by atoms with Gasteiger partial charge in [0.1, 0.15) is 5.75 Å². The quantitative estimate of drug-likeness (QED) is 0.646. The summed E-state index contributed by atoms with van der Waals surface area (Å²) in [5.74, 6) is 0.584. The number of carbonyl (C=O) groups excluding carboxylic acids is 1. The molecule has 0 aromatic heterocycles. The highest BCUT2D eigenvalue weighted by molar-refractivity contribution is 7.89. The summed E-state index contributed by atoms with van der Waals surface area (Å²) in [5, 5.41) is 6.14. The minimum atomic E-state index is -3.69. The Labute approximate surface area is 183 Å². The van der Waals surface area contributed by atoms with Crippen molar-refractivity contribution in [3.63, 3.8) is 0 Å². The predicted octanol–water partition coefficient (Wildman–Crippen LogP) is 3.04. The summed E-state index contributed by atoms with van der Waals surface area (Å²) in [7, 11) is -2.16. The molecular formula is C22H29N3O5S. The van der Waals surface area contributed by atoms with Gasteiger partial charge in [0.05, 0.1) is 36.6 Å². The third kappa shape index (κ3) is 5.75. The minimum Gasteiger partial charge on any atom is -0.497 e. The molecule has 9 heteroatoms. The van der Waals surface area contributed by atoms with Gasteiger partial charge in [-0.3, -0.25) is 4.79 Å². The largest absolute Gasteiger partial charge is 0.497 e. The number of methoxy groups -OCH3 is 1. The van der Waals surface area contributed by atoms with Gasteiger partial charge in [-0.15, -0.1) is 0 Å². The molecule has 0 bridgehead atoms. The van der Waals surface area contributed by atoms with Crippen molar-refractivity contribution in [2.24, 2.45) is 5.92 Å². The topological polar surface area (TPSA) is 97.0 Å². The standard InChI is InChI=1S/C22H29N3O5S/c1-16(2)15-23-20-8-7-19(31(27,28)25-9-11-30-12-10-25)14-21(20)24-22(26)17-5-4-6-18(13-17)29-3/h4-8,13-14,16,23H,9-12,15H2,1-3H3,(H,24,26). The highest BCUT2D eigenvalue weighted by Gasteiger charge is 2.27. The molecule has 1 heterocycles. The SMILES string of the molecule is COc1cccc(C(=O)Nc2cc(S(=O)(=O)N3CCOCC3)ccc2NCC(C)C)c1. The number of amides is 1. The lowest BCUT2D eigenvalue weighted by Crippen LogP contribution is -2.40. The van der Waals surface area contributed by atoms with Crippen LogP contribution in [0.5, 0.6) is 5.75 Å². The minimum absolute atomic E-state index is 0.130. The van der Waals surface area contributed by atoms with E-state index < -0.39 is 10.0 Å². The van der Waals surface area contributed by atoms with Crippen molar-refractivity contribution in [2.75, 3.05) is 50.6 Å². The van der Waals surface area contributed by atoms with Crippen LogP contribution in [0, 0.1) is 5.92 Å². The molecule has 1 aliphatic rings. The molecule has 0 atom stereocenters. The Morgan fingerprint density at radius 3 is 2.55 bits per heavy atom. The van der Waals surface area contributed by atoms with Crippen LogP contribution in [0.2, 0.25) is 0 Å². The molecule has 0 aliphatic carbocycles. The fraction of sp³-hybridized carbons (Fsp3) is 0.409. The van der Waals surface area contributed by atoms with Gasteiger partial charge in [-0.05, 0) is 42.3 Å². The average molecular weight is 448 g/mol. The summed E-state index contributed by atoms with van der Waals surface area (Å²) in [6.45, 7) is 6.16. The van der Waals surface area contributed by atoms with E-state index in [1.165, 1.54) is 17.5 Å². The maximum atomic E-state index is 13.1. The van der Waals surface area contributed by atoms with Gasteiger partial charge in [0.15, 0.2) is 0 Å². The lowest BCUT2D eigenvalue weighted by molar-refractivity contribution is 0.0730. The first-order chi connectivity index (χ1) is 14.8.